The lowest BCUT2D eigenvalue weighted by atomic mass is 10.4. The predicted molar refractivity (Wildman–Crippen MR) is 45.0 cm³/mol. The van der Waals surface area contributed by atoms with Crippen LogP contribution in [0.15, 0.2) is 0 Å². The van der Waals surface area contributed by atoms with E-state index in [0.29, 0.717) is 13.1 Å². The Morgan fingerprint density at radius 2 is 1.58 bits per heavy atom. The average Bonchev–Trinajstić information content (AvgIpc) is 2.34. The number of likely N-dealkylation sites (tertiary alicyclic amines) is 1. The number of nitrogens with zero attached hydrogens (tertiary/aromatic N) is 1. The van der Waals surface area contributed by atoms with E-state index in [2.05, 4.69) is 0 Å². The number of hydrogen-bond acceptors (Lipinski definition) is 5. The lowest BCUT2D eigenvalue weighted by Crippen LogP contribution is -2.69. The third-order valence-corrected chi connectivity index (χ3v) is 3.23. The summed E-state index contributed by atoms with van der Waals surface area (Å²) in [6, 6.07) is 0. The van der Waals surface area contributed by atoms with Gasteiger partial charge in [0.2, 0.25) is 5.12 Å². The van der Waals surface area contributed by atoms with E-state index >= 15 is 0 Å². The van der Waals surface area contributed by atoms with E-state index in [0.717, 1.165) is 12.8 Å². The van der Waals surface area contributed by atoms with Crippen molar-refractivity contribution in [3.63, 3.8) is 0 Å². The normalized spacial score (nSPS) is 21.6. The first-order valence-electron chi connectivity index (χ1n) is 3.71. The molecule has 0 saturated carbocycles. The number of primary sulfonamides is 1. The van der Waals surface area contributed by atoms with Crippen molar-refractivity contribution in [2.45, 2.75) is 18.0 Å². The van der Waals surface area contributed by atoms with Crippen LogP contribution in [0.5, 0.6) is 0 Å². The highest BCUT2D eigenvalue weighted by molar-refractivity contribution is 7.90. The average molecular weight is 194 g/mol. The SMILES string of the molecule is NC(N)(N1CCCC1)S(N)(=O)=O. The van der Waals surface area contributed by atoms with Gasteiger partial charge in [0.1, 0.15) is 0 Å². The molecule has 6 N–H and O–H groups in total. The zero-order chi connectivity index (χ0) is 9.41. The van der Waals surface area contributed by atoms with Gasteiger partial charge in [0.25, 0.3) is 10.0 Å². The van der Waals surface area contributed by atoms with Crippen LogP contribution in [0.2, 0.25) is 0 Å². The molecule has 0 unspecified atom stereocenters. The van der Waals surface area contributed by atoms with Gasteiger partial charge in [-0.25, -0.2) is 13.6 Å². The second-order valence-electron chi connectivity index (χ2n) is 2.99. The Labute approximate surface area is 71.7 Å². The lowest BCUT2D eigenvalue weighted by Gasteiger charge is -2.31. The highest BCUT2D eigenvalue weighted by Crippen LogP contribution is 2.15. The van der Waals surface area contributed by atoms with Crippen molar-refractivity contribution < 1.29 is 8.42 Å². The Hall–Kier alpha value is -0.210. The standard InChI is InChI=1S/C5H14N4O2S/c6-5(7,12(8,10)11)9-3-1-2-4-9/h1-4,6-7H2,(H2,8,10,11). The molecule has 0 aromatic heterocycles. The summed E-state index contributed by atoms with van der Waals surface area (Å²) >= 11 is 0. The molecule has 1 aliphatic heterocycles. The fourth-order valence-electron chi connectivity index (χ4n) is 1.25. The molecule has 0 aromatic rings. The van der Waals surface area contributed by atoms with Gasteiger partial charge in [-0.3, -0.25) is 16.4 Å². The maximum atomic E-state index is 10.9. The fourth-order valence-corrected chi connectivity index (χ4v) is 1.79. The van der Waals surface area contributed by atoms with Crippen molar-refractivity contribution in [3.8, 4) is 0 Å². The summed E-state index contributed by atoms with van der Waals surface area (Å²) in [5.74, 6) is 0. The van der Waals surface area contributed by atoms with Gasteiger partial charge in [0.05, 0.1) is 0 Å². The molecule has 1 saturated heterocycles. The van der Waals surface area contributed by atoms with E-state index in [1.807, 2.05) is 0 Å². The van der Waals surface area contributed by atoms with Crippen LogP contribution in [0.25, 0.3) is 0 Å². The highest BCUT2D eigenvalue weighted by Gasteiger charge is 2.40. The molecule has 1 aliphatic rings. The van der Waals surface area contributed by atoms with Gasteiger partial charge < -0.3 is 0 Å². The Kier molecular flexibility index (Phi) is 2.41. The van der Waals surface area contributed by atoms with Crippen molar-refractivity contribution in [2.24, 2.45) is 16.6 Å². The number of sulfonamides is 1. The molecular weight excluding hydrogens is 180 g/mol. The molecule has 0 bridgehead atoms. The second kappa shape index (κ2) is 2.93. The van der Waals surface area contributed by atoms with Gasteiger partial charge in [-0.05, 0) is 12.8 Å². The second-order valence-corrected chi connectivity index (χ2v) is 4.74. The topological polar surface area (TPSA) is 115 Å². The minimum Gasteiger partial charge on any atom is -0.286 e. The maximum absolute atomic E-state index is 10.9. The van der Waals surface area contributed by atoms with Crippen molar-refractivity contribution >= 4 is 10.0 Å². The van der Waals surface area contributed by atoms with E-state index in [4.69, 9.17) is 16.6 Å². The Balaban J connectivity index is 2.84. The van der Waals surface area contributed by atoms with Gasteiger partial charge in [-0.2, -0.15) is 0 Å². The maximum Gasteiger partial charge on any atom is 0.256 e. The predicted octanol–water partition coefficient (Wildman–Crippen LogP) is -2.10. The molecule has 0 spiro atoms. The molecule has 0 atom stereocenters. The van der Waals surface area contributed by atoms with E-state index in [1.54, 1.807) is 0 Å². The number of nitrogens with two attached hydrogens (primary N) is 3. The molecule has 0 aliphatic carbocycles. The fraction of sp³-hybridized carbons (Fsp3) is 1.00. The zero-order valence-corrected chi connectivity index (χ0v) is 7.55. The third-order valence-electron chi connectivity index (χ3n) is 2.06. The zero-order valence-electron chi connectivity index (χ0n) is 6.73. The van der Waals surface area contributed by atoms with E-state index in [-0.39, 0.29) is 0 Å². The summed E-state index contributed by atoms with van der Waals surface area (Å²) in [7, 11) is -3.90. The Morgan fingerprint density at radius 1 is 1.17 bits per heavy atom. The summed E-state index contributed by atoms with van der Waals surface area (Å²) < 4.78 is 21.9. The van der Waals surface area contributed by atoms with Crippen LogP contribution in [-0.2, 0) is 10.0 Å². The molecule has 1 heterocycles. The van der Waals surface area contributed by atoms with Gasteiger partial charge in [-0.1, -0.05) is 0 Å². The molecular formula is C5H14N4O2S. The smallest absolute Gasteiger partial charge is 0.256 e. The molecule has 12 heavy (non-hydrogen) atoms. The van der Waals surface area contributed by atoms with Gasteiger partial charge in [0, 0.05) is 13.1 Å². The summed E-state index contributed by atoms with van der Waals surface area (Å²) in [4.78, 5) is 1.47. The summed E-state index contributed by atoms with van der Waals surface area (Å²) in [5.41, 5.74) is 10.8. The molecule has 6 nitrogen and oxygen atoms in total. The molecule has 1 fully saturated rings. The van der Waals surface area contributed by atoms with Gasteiger partial charge in [-0.15, -0.1) is 0 Å². The minimum absolute atomic E-state index is 0.587. The number of rotatable bonds is 2. The third kappa shape index (κ3) is 1.59. The van der Waals surface area contributed by atoms with E-state index < -0.39 is 15.1 Å². The first-order chi connectivity index (χ1) is 5.36. The van der Waals surface area contributed by atoms with Crippen LogP contribution in [0.1, 0.15) is 12.8 Å². The van der Waals surface area contributed by atoms with Crippen molar-refractivity contribution in [2.75, 3.05) is 13.1 Å². The summed E-state index contributed by atoms with van der Waals surface area (Å²) in [5, 5.41) is 2.97. The molecule has 0 amide bonds. The molecule has 1 rings (SSSR count). The monoisotopic (exact) mass is 194 g/mol. The number of hydrogen-bond donors (Lipinski definition) is 3. The largest absolute Gasteiger partial charge is 0.286 e. The van der Waals surface area contributed by atoms with Gasteiger partial charge in [0.15, 0.2) is 0 Å². The molecule has 72 valence electrons. The first kappa shape index (κ1) is 9.87. The first-order valence-corrected chi connectivity index (χ1v) is 5.25. The summed E-state index contributed by atoms with van der Waals surface area (Å²) in [6.07, 6.45) is 1.82. The quantitative estimate of drug-likeness (QED) is 0.435. The lowest BCUT2D eigenvalue weighted by molar-refractivity contribution is 0.207. The molecule has 0 radical (unpaired) electrons. The van der Waals surface area contributed by atoms with E-state index in [1.165, 1.54) is 4.90 Å². The van der Waals surface area contributed by atoms with Crippen LogP contribution < -0.4 is 16.6 Å². The van der Waals surface area contributed by atoms with Crippen LogP contribution in [0.3, 0.4) is 0 Å². The molecule has 7 heteroatoms. The minimum atomic E-state index is -3.90. The van der Waals surface area contributed by atoms with Crippen LogP contribution in [0.4, 0.5) is 0 Å². The van der Waals surface area contributed by atoms with Crippen LogP contribution >= 0.6 is 0 Å². The Bertz CT molecular complexity index is 255. The summed E-state index contributed by atoms with van der Waals surface area (Å²) in [6.45, 7) is 1.17. The highest BCUT2D eigenvalue weighted by atomic mass is 32.2. The van der Waals surface area contributed by atoms with Crippen molar-refractivity contribution in [1.82, 2.24) is 4.90 Å². The van der Waals surface area contributed by atoms with Crippen molar-refractivity contribution in [3.05, 3.63) is 0 Å². The van der Waals surface area contributed by atoms with Crippen LogP contribution in [-0.4, -0.2) is 31.5 Å². The Morgan fingerprint density at radius 3 is 1.92 bits per heavy atom. The van der Waals surface area contributed by atoms with E-state index in [9.17, 15) is 8.42 Å². The van der Waals surface area contributed by atoms with Crippen LogP contribution in [0, 0.1) is 0 Å². The van der Waals surface area contributed by atoms with Gasteiger partial charge >= 0.3 is 0 Å². The van der Waals surface area contributed by atoms with Crippen molar-refractivity contribution in [1.29, 1.82) is 0 Å². The molecule has 0 aromatic carbocycles.